The van der Waals surface area contributed by atoms with Crippen LogP contribution in [0.25, 0.3) is 0 Å². The van der Waals surface area contributed by atoms with Crippen molar-refractivity contribution in [1.29, 1.82) is 0 Å². The first-order valence-electron chi connectivity index (χ1n) is 6.31. The van der Waals surface area contributed by atoms with Crippen molar-refractivity contribution in [2.75, 3.05) is 50.6 Å². The molecule has 1 fully saturated rings. The van der Waals surface area contributed by atoms with Crippen LogP contribution in [0.1, 0.15) is 6.42 Å². The van der Waals surface area contributed by atoms with E-state index in [1.54, 1.807) is 13.3 Å². The van der Waals surface area contributed by atoms with E-state index in [4.69, 9.17) is 4.74 Å². The zero-order valence-corrected chi connectivity index (χ0v) is 11.0. The Morgan fingerprint density at radius 2 is 2.44 bits per heavy atom. The third-order valence-electron chi connectivity index (χ3n) is 3.15. The second-order valence-electron chi connectivity index (χ2n) is 4.38. The Morgan fingerprint density at radius 3 is 3.17 bits per heavy atom. The van der Waals surface area contributed by atoms with Gasteiger partial charge in [-0.25, -0.2) is 4.98 Å². The standard InChI is InChI=1S/C12H21N5O/c1-13-10-4-7-17(9-10)11-3-5-14-12(16-11)15-6-8-18-2/h3,5,10,13H,4,6-9H2,1-2H3,(H,14,15,16). The number of aromatic nitrogens is 2. The van der Waals surface area contributed by atoms with E-state index in [-0.39, 0.29) is 0 Å². The number of hydrogen-bond donors (Lipinski definition) is 2. The van der Waals surface area contributed by atoms with E-state index in [9.17, 15) is 0 Å². The molecule has 1 aliphatic heterocycles. The summed E-state index contributed by atoms with van der Waals surface area (Å²) in [6, 6.07) is 2.52. The molecule has 100 valence electrons. The fourth-order valence-corrected chi connectivity index (χ4v) is 2.08. The van der Waals surface area contributed by atoms with Crippen molar-refractivity contribution in [1.82, 2.24) is 15.3 Å². The topological polar surface area (TPSA) is 62.3 Å². The predicted molar refractivity (Wildman–Crippen MR) is 72.1 cm³/mol. The van der Waals surface area contributed by atoms with Crippen LogP contribution in [-0.4, -0.2) is 56.4 Å². The van der Waals surface area contributed by atoms with Crippen LogP contribution in [0.3, 0.4) is 0 Å². The van der Waals surface area contributed by atoms with Crippen molar-refractivity contribution in [3.05, 3.63) is 12.3 Å². The van der Waals surface area contributed by atoms with E-state index in [0.29, 0.717) is 18.6 Å². The molecular weight excluding hydrogens is 230 g/mol. The maximum atomic E-state index is 4.99. The van der Waals surface area contributed by atoms with Gasteiger partial charge in [-0.1, -0.05) is 0 Å². The van der Waals surface area contributed by atoms with Gasteiger partial charge in [0.2, 0.25) is 5.95 Å². The molecule has 1 saturated heterocycles. The van der Waals surface area contributed by atoms with Gasteiger partial charge in [0.15, 0.2) is 0 Å². The predicted octanol–water partition coefficient (Wildman–Crippen LogP) is 0.333. The Labute approximate surface area is 108 Å². The molecule has 1 unspecified atom stereocenters. The van der Waals surface area contributed by atoms with E-state index in [1.165, 1.54) is 0 Å². The molecule has 0 amide bonds. The average Bonchev–Trinajstić information content (AvgIpc) is 2.88. The van der Waals surface area contributed by atoms with Crippen LogP contribution in [-0.2, 0) is 4.74 Å². The molecule has 2 rings (SSSR count). The number of nitrogens with zero attached hydrogens (tertiary/aromatic N) is 3. The quantitative estimate of drug-likeness (QED) is 0.711. The smallest absolute Gasteiger partial charge is 0.224 e. The monoisotopic (exact) mass is 251 g/mol. The van der Waals surface area contributed by atoms with Crippen LogP contribution in [0.2, 0.25) is 0 Å². The van der Waals surface area contributed by atoms with Gasteiger partial charge in [0.1, 0.15) is 5.82 Å². The Kier molecular flexibility index (Phi) is 4.72. The summed E-state index contributed by atoms with van der Waals surface area (Å²) in [6.45, 7) is 3.42. The molecule has 2 N–H and O–H groups in total. The minimum Gasteiger partial charge on any atom is -0.383 e. The lowest BCUT2D eigenvalue weighted by molar-refractivity contribution is 0.210. The Bertz CT molecular complexity index is 373. The van der Waals surface area contributed by atoms with E-state index in [1.807, 2.05) is 13.1 Å². The van der Waals surface area contributed by atoms with E-state index >= 15 is 0 Å². The highest BCUT2D eigenvalue weighted by molar-refractivity contribution is 5.43. The molecule has 6 heteroatoms. The third-order valence-corrected chi connectivity index (χ3v) is 3.15. The van der Waals surface area contributed by atoms with Crippen LogP contribution in [0.5, 0.6) is 0 Å². The first kappa shape index (κ1) is 13.0. The SMILES string of the molecule is CNC1CCN(c2ccnc(NCCOC)n2)C1. The highest BCUT2D eigenvalue weighted by Gasteiger charge is 2.22. The van der Waals surface area contributed by atoms with Crippen LogP contribution in [0.4, 0.5) is 11.8 Å². The summed E-state index contributed by atoms with van der Waals surface area (Å²) in [6.07, 6.45) is 2.96. The summed E-state index contributed by atoms with van der Waals surface area (Å²) in [5.41, 5.74) is 0. The van der Waals surface area contributed by atoms with E-state index in [2.05, 4.69) is 25.5 Å². The Hall–Kier alpha value is -1.40. The minimum absolute atomic E-state index is 0.560. The van der Waals surface area contributed by atoms with Gasteiger partial charge in [0.25, 0.3) is 0 Å². The van der Waals surface area contributed by atoms with Crippen LogP contribution >= 0.6 is 0 Å². The molecular formula is C12H21N5O. The number of likely N-dealkylation sites (N-methyl/N-ethyl adjacent to an activating group) is 1. The molecule has 1 aromatic rings. The maximum absolute atomic E-state index is 4.99. The largest absolute Gasteiger partial charge is 0.383 e. The summed E-state index contributed by atoms with van der Waals surface area (Å²) in [4.78, 5) is 11.0. The summed E-state index contributed by atoms with van der Waals surface area (Å²) >= 11 is 0. The lowest BCUT2D eigenvalue weighted by Crippen LogP contribution is -2.30. The zero-order valence-electron chi connectivity index (χ0n) is 11.0. The Balaban J connectivity index is 1.94. The van der Waals surface area contributed by atoms with Crippen LogP contribution < -0.4 is 15.5 Å². The second-order valence-corrected chi connectivity index (χ2v) is 4.38. The summed E-state index contributed by atoms with van der Waals surface area (Å²) in [5.74, 6) is 1.65. The summed E-state index contributed by atoms with van der Waals surface area (Å²) in [5, 5.41) is 6.45. The fourth-order valence-electron chi connectivity index (χ4n) is 2.08. The molecule has 0 bridgehead atoms. The van der Waals surface area contributed by atoms with Gasteiger partial charge in [-0.3, -0.25) is 0 Å². The molecule has 1 aromatic heterocycles. The van der Waals surface area contributed by atoms with Gasteiger partial charge < -0.3 is 20.3 Å². The molecule has 18 heavy (non-hydrogen) atoms. The average molecular weight is 251 g/mol. The molecule has 0 aromatic carbocycles. The van der Waals surface area contributed by atoms with Crippen molar-refractivity contribution >= 4 is 11.8 Å². The molecule has 6 nitrogen and oxygen atoms in total. The van der Waals surface area contributed by atoms with Gasteiger partial charge in [0.05, 0.1) is 6.61 Å². The number of nitrogens with one attached hydrogen (secondary N) is 2. The van der Waals surface area contributed by atoms with E-state index < -0.39 is 0 Å². The normalized spacial score (nSPS) is 19.2. The van der Waals surface area contributed by atoms with Crippen molar-refractivity contribution in [3.63, 3.8) is 0 Å². The maximum Gasteiger partial charge on any atom is 0.224 e. The first-order chi connectivity index (χ1) is 8.83. The van der Waals surface area contributed by atoms with Crippen LogP contribution in [0.15, 0.2) is 12.3 Å². The Morgan fingerprint density at radius 1 is 1.56 bits per heavy atom. The van der Waals surface area contributed by atoms with Gasteiger partial charge in [-0.2, -0.15) is 4.98 Å². The molecule has 0 aliphatic carbocycles. The van der Waals surface area contributed by atoms with Gasteiger partial charge in [0, 0.05) is 39.0 Å². The summed E-state index contributed by atoms with van der Waals surface area (Å²) in [7, 11) is 3.69. The zero-order chi connectivity index (χ0) is 12.8. The molecule has 1 aliphatic rings. The molecule has 0 saturated carbocycles. The lowest BCUT2D eigenvalue weighted by atomic mass is 10.3. The molecule has 1 atom stereocenters. The second kappa shape index (κ2) is 6.51. The number of hydrogen-bond acceptors (Lipinski definition) is 6. The molecule has 0 spiro atoms. The fraction of sp³-hybridized carbons (Fsp3) is 0.667. The number of rotatable bonds is 6. The van der Waals surface area contributed by atoms with Crippen LogP contribution in [0, 0.1) is 0 Å². The first-order valence-corrected chi connectivity index (χ1v) is 6.31. The molecule has 0 radical (unpaired) electrons. The van der Waals surface area contributed by atoms with Gasteiger partial charge in [-0.05, 0) is 19.5 Å². The molecule has 2 heterocycles. The van der Waals surface area contributed by atoms with E-state index in [0.717, 1.165) is 31.9 Å². The number of ether oxygens (including phenoxy) is 1. The van der Waals surface area contributed by atoms with Gasteiger partial charge >= 0.3 is 0 Å². The summed E-state index contributed by atoms with van der Waals surface area (Å²) < 4.78 is 4.99. The minimum atomic E-state index is 0.560. The highest BCUT2D eigenvalue weighted by atomic mass is 16.5. The third kappa shape index (κ3) is 3.30. The number of anilines is 2. The lowest BCUT2D eigenvalue weighted by Gasteiger charge is -2.17. The van der Waals surface area contributed by atoms with Crippen molar-refractivity contribution in [2.24, 2.45) is 0 Å². The van der Waals surface area contributed by atoms with Crippen molar-refractivity contribution < 1.29 is 4.74 Å². The highest BCUT2D eigenvalue weighted by Crippen LogP contribution is 2.18. The van der Waals surface area contributed by atoms with Crippen molar-refractivity contribution in [3.8, 4) is 0 Å². The van der Waals surface area contributed by atoms with Gasteiger partial charge in [-0.15, -0.1) is 0 Å². The number of methoxy groups -OCH3 is 1. The van der Waals surface area contributed by atoms with Crippen molar-refractivity contribution in [2.45, 2.75) is 12.5 Å².